The van der Waals surface area contributed by atoms with E-state index >= 15 is 0 Å². The molecule has 0 bridgehead atoms. The quantitative estimate of drug-likeness (QED) is 0.489. The Morgan fingerprint density at radius 2 is 2.00 bits per heavy atom. The summed E-state index contributed by atoms with van der Waals surface area (Å²) in [6.07, 6.45) is 0. The zero-order valence-corrected chi connectivity index (χ0v) is 14.6. The lowest BCUT2D eigenvalue weighted by Gasteiger charge is -2.11. The summed E-state index contributed by atoms with van der Waals surface area (Å²) in [5.74, 6) is -0.143. The van der Waals surface area contributed by atoms with E-state index in [0.29, 0.717) is 11.4 Å². The predicted molar refractivity (Wildman–Crippen MR) is 89.5 cm³/mol. The fourth-order valence-electron chi connectivity index (χ4n) is 1.50. The second kappa shape index (κ2) is 9.04. The first kappa shape index (κ1) is 20.8. The Kier molecular flexibility index (Phi) is 8.54. The fraction of sp³-hybridized carbons (Fsp3) is 0.417. The van der Waals surface area contributed by atoms with Crippen molar-refractivity contribution in [3.8, 4) is 5.75 Å². The van der Waals surface area contributed by atoms with Crippen LogP contribution in [0.4, 0.5) is 5.69 Å². The van der Waals surface area contributed by atoms with Crippen molar-refractivity contribution in [3.63, 3.8) is 0 Å². The Morgan fingerprint density at radius 3 is 2.55 bits per heavy atom. The summed E-state index contributed by atoms with van der Waals surface area (Å²) < 4.78 is 29.9. The molecule has 0 aliphatic rings. The van der Waals surface area contributed by atoms with Gasteiger partial charge in [-0.15, -0.1) is 12.4 Å². The molecule has 0 spiro atoms. The highest BCUT2D eigenvalue weighted by atomic mass is 35.5. The third-order valence-electron chi connectivity index (χ3n) is 2.68. The minimum atomic E-state index is -3.27. The summed E-state index contributed by atoms with van der Waals surface area (Å²) in [5.41, 5.74) is 6.17. The molecule has 126 valence electrons. The van der Waals surface area contributed by atoms with Gasteiger partial charge in [0.15, 0.2) is 0 Å². The van der Waals surface area contributed by atoms with Crippen molar-refractivity contribution < 1.29 is 17.9 Å². The second-order valence-corrected chi connectivity index (χ2v) is 6.63. The van der Waals surface area contributed by atoms with Crippen LogP contribution in [0.5, 0.6) is 5.75 Å². The van der Waals surface area contributed by atoms with E-state index < -0.39 is 15.9 Å². The molecule has 0 aromatic heterocycles. The summed E-state index contributed by atoms with van der Waals surface area (Å²) in [6, 6.07) is 2.86. The molecule has 1 aromatic carbocycles. The van der Waals surface area contributed by atoms with Crippen molar-refractivity contribution in [3.05, 3.63) is 22.7 Å². The van der Waals surface area contributed by atoms with E-state index in [4.69, 9.17) is 22.1 Å². The molecule has 0 aliphatic carbocycles. The molecule has 0 radical (unpaired) electrons. The van der Waals surface area contributed by atoms with Crippen LogP contribution >= 0.6 is 24.0 Å². The number of ether oxygens (including phenoxy) is 1. The summed E-state index contributed by atoms with van der Waals surface area (Å²) in [6.45, 7) is 1.78. The number of sulfonamides is 1. The number of nitrogens with two attached hydrogens (primary N) is 1. The Morgan fingerprint density at radius 1 is 1.36 bits per heavy atom. The lowest BCUT2D eigenvalue weighted by molar-refractivity contribution is 0.0951. The van der Waals surface area contributed by atoms with Crippen LogP contribution in [-0.2, 0) is 10.0 Å². The van der Waals surface area contributed by atoms with Gasteiger partial charge >= 0.3 is 0 Å². The van der Waals surface area contributed by atoms with Crippen molar-refractivity contribution in [2.45, 2.75) is 6.92 Å². The van der Waals surface area contributed by atoms with Crippen molar-refractivity contribution in [2.75, 3.05) is 31.7 Å². The molecule has 0 saturated heterocycles. The van der Waals surface area contributed by atoms with Gasteiger partial charge in [0.1, 0.15) is 5.75 Å². The number of methoxy groups -OCH3 is 1. The van der Waals surface area contributed by atoms with Gasteiger partial charge in [-0.1, -0.05) is 11.6 Å². The van der Waals surface area contributed by atoms with Gasteiger partial charge < -0.3 is 15.8 Å². The van der Waals surface area contributed by atoms with Gasteiger partial charge in [0.05, 0.1) is 29.1 Å². The van der Waals surface area contributed by atoms with Crippen molar-refractivity contribution in [2.24, 2.45) is 0 Å². The molecule has 0 aliphatic heterocycles. The number of amides is 1. The van der Waals surface area contributed by atoms with Gasteiger partial charge in [-0.25, -0.2) is 13.1 Å². The molecule has 1 amide bonds. The lowest BCUT2D eigenvalue weighted by atomic mass is 10.1. The summed E-state index contributed by atoms with van der Waals surface area (Å²) in [5, 5.41) is 2.81. The predicted octanol–water partition coefficient (Wildman–Crippen LogP) is 1.02. The number of halogens is 2. The van der Waals surface area contributed by atoms with E-state index in [1.54, 1.807) is 0 Å². The van der Waals surface area contributed by atoms with Gasteiger partial charge in [-0.05, 0) is 13.0 Å². The van der Waals surface area contributed by atoms with Crippen LogP contribution in [0.3, 0.4) is 0 Å². The Bertz CT molecular complexity index is 623. The zero-order valence-electron chi connectivity index (χ0n) is 12.2. The fourth-order valence-corrected chi connectivity index (χ4v) is 2.28. The van der Waals surface area contributed by atoms with E-state index in [0.717, 1.165) is 0 Å². The first-order chi connectivity index (χ1) is 9.80. The normalized spacial score (nSPS) is 10.7. The number of carbonyl (C=O) groups excluding carboxylic acids is 1. The number of anilines is 1. The topological polar surface area (TPSA) is 111 Å². The minimum Gasteiger partial charge on any atom is -0.496 e. The highest BCUT2D eigenvalue weighted by Crippen LogP contribution is 2.28. The summed E-state index contributed by atoms with van der Waals surface area (Å²) in [4.78, 5) is 12.0. The number of hydrogen-bond donors (Lipinski definition) is 3. The van der Waals surface area contributed by atoms with Crippen LogP contribution < -0.4 is 20.5 Å². The molecule has 22 heavy (non-hydrogen) atoms. The molecule has 0 fully saturated rings. The van der Waals surface area contributed by atoms with Gasteiger partial charge in [-0.2, -0.15) is 0 Å². The largest absolute Gasteiger partial charge is 0.496 e. The molecule has 0 saturated carbocycles. The molecule has 0 atom stereocenters. The molecule has 4 N–H and O–H groups in total. The first-order valence-corrected chi connectivity index (χ1v) is 8.22. The minimum absolute atomic E-state index is 0. The van der Waals surface area contributed by atoms with Crippen molar-refractivity contribution >= 4 is 45.6 Å². The van der Waals surface area contributed by atoms with Crippen LogP contribution in [0.1, 0.15) is 17.3 Å². The summed E-state index contributed by atoms with van der Waals surface area (Å²) >= 11 is 5.87. The van der Waals surface area contributed by atoms with Crippen LogP contribution in [-0.4, -0.2) is 40.3 Å². The van der Waals surface area contributed by atoms with Crippen LogP contribution in [0.25, 0.3) is 0 Å². The monoisotopic (exact) mass is 371 g/mol. The molecule has 10 heteroatoms. The van der Waals surface area contributed by atoms with E-state index in [1.807, 2.05) is 0 Å². The molecular weight excluding hydrogens is 353 g/mol. The maximum absolute atomic E-state index is 12.0. The standard InChI is InChI=1S/C12H18ClN3O4S.ClH/c1-3-21(18,19)16-5-4-15-12(17)8-6-9(13)10(14)7-11(8)20-2;/h6-7,16H,3-5,14H2,1-2H3,(H,15,17);1H. The van der Waals surface area contributed by atoms with Crippen LogP contribution in [0.15, 0.2) is 12.1 Å². The maximum Gasteiger partial charge on any atom is 0.255 e. The average Bonchev–Trinajstić information content (AvgIpc) is 2.45. The Labute approximate surface area is 141 Å². The molecule has 0 heterocycles. The van der Waals surface area contributed by atoms with Gasteiger partial charge in [0.2, 0.25) is 10.0 Å². The Balaban J connectivity index is 0.00000441. The third kappa shape index (κ3) is 5.88. The third-order valence-corrected chi connectivity index (χ3v) is 4.41. The number of carbonyl (C=O) groups is 1. The number of nitrogens with one attached hydrogen (secondary N) is 2. The molecule has 7 nitrogen and oxygen atoms in total. The lowest BCUT2D eigenvalue weighted by Crippen LogP contribution is -2.35. The van der Waals surface area contributed by atoms with Crippen LogP contribution in [0, 0.1) is 0 Å². The highest BCUT2D eigenvalue weighted by Gasteiger charge is 2.15. The molecular formula is C12H19Cl2N3O4S. The number of rotatable bonds is 7. The van der Waals surface area contributed by atoms with Crippen molar-refractivity contribution in [1.82, 2.24) is 10.0 Å². The summed E-state index contributed by atoms with van der Waals surface area (Å²) in [7, 11) is -1.86. The van der Waals surface area contributed by atoms with E-state index in [-0.39, 0.29) is 41.8 Å². The smallest absolute Gasteiger partial charge is 0.255 e. The van der Waals surface area contributed by atoms with Gasteiger partial charge in [0.25, 0.3) is 5.91 Å². The highest BCUT2D eigenvalue weighted by molar-refractivity contribution is 7.89. The first-order valence-electron chi connectivity index (χ1n) is 6.19. The van der Waals surface area contributed by atoms with Gasteiger partial charge in [-0.3, -0.25) is 4.79 Å². The van der Waals surface area contributed by atoms with Crippen molar-refractivity contribution in [1.29, 1.82) is 0 Å². The number of nitrogen functional groups attached to an aromatic ring is 1. The average molecular weight is 372 g/mol. The maximum atomic E-state index is 12.0. The Hall–Kier alpha value is -1.22. The SMILES string of the molecule is CCS(=O)(=O)NCCNC(=O)c1cc(Cl)c(N)cc1OC.Cl. The van der Waals surface area contributed by atoms with E-state index in [2.05, 4.69) is 10.0 Å². The molecule has 0 unspecified atom stereocenters. The van der Waals surface area contributed by atoms with E-state index in [1.165, 1.54) is 26.2 Å². The van der Waals surface area contributed by atoms with E-state index in [9.17, 15) is 13.2 Å². The molecule has 1 rings (SSSR count). The number of benzene rings is 1. The second-order valence-electron chi connectivity index (χ2n) is 4.13. The number of hydrogen-bond acceptors (Lipinski definition) is 5. The molecule has 1 aromatic rings. The zero-order chi connectivity index (χ0) is 16.0. The van der Waals surface area contributed by atoms with Crippen LogP contribution in [0.2, 0.25) is 5.02 Å². The van der Waals surface area contributed by atoms with Gasteiger partial charge in [0, 0.05) is 19.2 Å².